The van der Waals surface area contributed by atoms with Crippen molar-refractivity contribution >= 4 is 21.7 Å². The Kier molecular flexibility index (Phi) is 4.98. The number of rotatable bonds is 5. The number of Topliss-reactive ketones (excluding diaryl/α,β-unsaturated/α-hetero) is 1. The van der Waals surface area contributed by atoms with Gasteiger partial charge in [-0.25, -0.2) is 0 Å². The van der Waals surface area contributed by atoms with Gasteiger partial charge in [-0.3, -0.25) is 4.79 Å². The van der Waals surface area contributed by atoms with Crippen LogP contribution in [-0.4, -0.2) is 18.0 Å². The van der Waals surface area contributed by atoms with E-state index in [-0.39, 0.29) is 12.4 Å². The molecule has 0 atom stereocenters. The molecule has 0 fully saturated rings. The molecule has 0 spiro atoms. The van der Waals surface area contributed by atoms with Gasteiger partial charge in [0.2, 0.25) is 0 Å². The fraction of sp³-hybridized carbons (Fsp3) is 0.188. The van der Waals surface area contributed by atoms with Crippen molar-refractivity contribution in [3.05, 3.63) is 52.0 Å². The van der Waals surface area contributed by atoms with Crippen LogP contribution in [0, 0.1) is 0 Å². The lowest BCUT2D eigenvalue weighted by Crippen LogP contribution is -1.98. The summed E-state index contributed by atoms with van der Waals surface area (Å²) in [6, 6.07) is 10.4. The molecule has 2 rings (SSSR count). The quantitative estimate of drug-likeness (QED) is 0.829. The molecule has 21 heavy (non-hydrogen) atoms. The molecular formula is C16H15BrO4. The number of aliphatic hydroxyl groups excluding tert-OH is 1. The van der Waals surface area contributed by atoms with E-state index >= 15 is 0 Å². The van der Waals surface area contributed by atoms with Crippen LogP contribution < -0.4 is 9.47 Å². The first-order valence-electron chi connectivity index (χ1n) is 6.31. The molecule has 0 saturated heterocycles. The van der Waals surface area contributed by atoms with Gasteiger partial charge in [-0.1, -0.05) is 22.0 Å². The third-order valence-corrected chi connectivity index (χ3v) is 3.45. The zero-order valence-electron chi connectivity index (χ0n) is 11.7. The van der Waals surface area contributed by atoms with Crippen LogP contribution in [0.2, 0.25) is 0 Å². The number of ether oxygens (including phenoxy) is 2. The molecule has 0 unspecified atom stereocenters. The van der Waals surface area contributed by atoms with Crippen molar-refractivity contribution in [3.8, 4) is 17.2 Å². The van der Waals surface area contributed by atoms with Crippen LogP contribution in [0.4, 0.5) is 0 Å². The molecule has 0 aromatic heterocycles. The molecule has 2 aromatic rings. The molecule has 1 N–H and O–H groups in total. The highest BCUT2D eigenvalue weighted by atomic mass is 79.9. The van der Waals surface area contributed by atoms with Crippen molar-refractivity contribution in [1.29, 1.82) is 0 Å². The van der Waals surface area contributed by atoms with E-state index in [9.17, 15) is 4.79 Å². The van der Waals surface area contributed by atoms with Crippen molar-refractivity contribution in [2.75, 3.05) is 7.11 Å². The largest absolute Gasteiger partial charge is 0.493 e. The number of carbonyl (C=O) groups excluding carboxylic acids is 1. The summed E-state index contributed by atoms with van der Waals surface area (Å²) < 4.78 is 11.9. The zero-order chi connectivity index (χ0) is 15.4. The van der Waals surface area contributed by atoms with Crippen LogP contribution in [0.5, 0.6) is 17.2 Å². The summed E-state index contributed by atoms with van der Waals surface area (Å²) in [5, 5.41) is 9.14. The van der Waals surface area contributed by atoms with Gasteiger partial charge in [0.05, 0.1) is 19.3 Å². The highest BCUT2D eigenvalue weighted by Crippen LogP contribution is 2.35. The topological polar surface area (TPSA) is 55.8 Å². The van der Waals surface area contributed by atoms with Crippen LogP contribution in [-0.2, 0) is 6.61 Å². The zero-order valence-corrected chi connectivity index (χ0v) is 13.3. The van der Waals surface area contributed by atoms with Gasteiger partial charge in [0.15, 0.2) is 17.3 Å². The number of benzene rings is 2. The summed E-state index contributed by atoms with van der Waals surface area (Å²) in [6.45, 7) is 1.41. The average Bonchev–Trinajstić information content (AvgIpc) is 2.47. The SMILES string of the molecule is COc1cc(CO)ccc1Oc1cc(Br)ccc1C(C)=O. The Morgan fingerprint density at radius 2 is 1.90 bits per heavy atom. The molecule has 0 amide bonds. The van der Waals surface area contributed by atoms with E-state index in [1.165, 1.54) is 14.0 Å². The third-order valence-electron chi connectivity index (χ3n) is 2.95. The number of aliphatic hydroxyl groups is 1. The van der Waals surface area contributed by atoms with Crippen molar-refractivity contribution < 1.29 is 19.4 Å². The van der Waals surface area contributed by atoms with Crippen LogP contribution >= 0.6 is 15.9 Å². The van der Waals surface area contributed by atoms with E-state index in [0.717, 1.165) is 10.0 Å². The number of halogens is 1. The van der Waals surface area contributed by atoms with Gasteiger partial charge in [-0.2, -0.15) is 0 Å². The molecule has 4 nitrogen and oxygen atoms in total. The maximum absolute atomic E-state index is 11.7. The molecule has 0 saturated carbocycles. The second kappa shape index (κ2) is 6.74. The number of hydrogen-bond acceptors (Lipinski definition) is 4. The van der Waals surface area contributed by atoms with Crippen LogP contribution in [0.1, 0.15) is 22.8 Å². The first-order chi connectivity index (χ1) is 10.0. The van der Waals surface area contributed by atoms with Crippen molar-refractivity contribution in [2.24, 2.45) is 0 Å². The lowest BCUT2D eigenvalue weighted by Gasteiger charge is -2.13. The second-order valence-corrected chi connectivity index (χ2v) is 5.36. The molecule has 0 heterocycles. The Morgan fingerprint density at radius 3 is 2.52 bits per heavy atom. The fourth-order valence-corrected chi connectivity index (χ4v) is 2.22. The first kappa shape index (κ1) is 15.5. The highest BCUT2D eigenvalue weighted by molar-refractivity contribution is 9.10. The standard InChI is InChI=1S/C16H15BrO4/c1-10(19)13-5-4-12(17)8-15(13)21-14-6-3-11(9-18)7-16(14)20-2/h3-8,18H,9H2,1-2H3. The molecular weight excluding hydrogens is 336 g/mol. The molecule has 0 aliphatic rings. The van der Waals surface area contributed by atoms with Gasteiger partial charge in [0.1, 0.15) is 5.75 Å². The van der Waals surface area contributed by atoms with Crippen LogP contribution in [0.15, 0.2) is 40.9 Å². The Balaban J connectivity index is 2.42. The highest BCUT2D eigenvalue weighted by Gasteiger charge is 2.13. The van der Waals surface area contributed by atoms with Crippen LogP contribution in [0.25, 0.3) is 0 Å². The minimum atomic E-state index is -0.0801. The van der Waals surface area contributed by atoms with Gasteiger partial charge in [-0.05, 0) is 42.8 Å². The predicted octanol–water partition coefficient (Wildman–Crippen LogP) is 3.94. The minimum Gasteiger partial charge on any atom is -0.493 e. The molecule has 2 aromatic carbocycles. The van der Waals surface area contributed by atoms with E-state index in [1.54, 1.807) is 36.4 Å². The second-order valence-electron chi connectivity index (χ2n) is 4.44. The van der Waals surface area contributed by atoms with Gasteiger partial charge >= 0.3 is 0 Å². The minimum absolute atomic E-state index is 0.0772. The Morgan fingerprint density at radius 1 is 1.14 bits per heavy atom. The molecule has 0 radical (unpaired) electrons. The lowest BCUT2D eigenvalue weighted by atomic mass is 10.1. The lowest BCUT2D eigenvalue weighted by molar-refractivity contribution is 0.101. The van der Waals surface area contributed by atoms with Crippen molar-refractivity contribution in [2.45, 2.75) is 13.5 Å². The number of ketones is 1. The molecule has 5 heteroatoms. The summed E-state index contributed by atoms with van der Waals surface area (Å²) in [5.41, 5.74) is 1.21. The molecule has 0 aliphatic carbocycles. The Labute approximate surface area is 131 Å². The fourth-order valence-electron chi connectivity index (χ4n) is 1.88. The van der Waals surface area contributed by atoms with Gasteiger partial charge in [0, 0.05) is 4.47 Å². The Hall–Kier alpha value is -1.85. The molecule has 110 valence electrons. The van der Waals surface area contributed by atoms with Crippen molar-refractivity contribution in [3.63, 3.8) is 0 Å². The van der Waals surface area contributed by atoms with Gasteiger partial charge in [0.25, 0.3) is 0 Å². The third kappa shape index (κ3) is 3.62. The first-order valence-corrected chi connectivity index (χ1v) is 7.10. The number of methoxy groups -OCH3 is 1. The normalized spacial score (nSPS) is 10.3. The predicted molar refractivity (Wildman–Crippen MR) is 83.1 cm³/mol. The summed E-state index contributed by atoms with van der Waals surface area (Å²) in [5.74, 6) is 1.35. The molecule has 0 aliphatic heterocycles. The maximum Gasteiger partial charge on any atom is 0.169 e. The summed E-state index contributed by atoms with van der Waals surface area (Å²) in [6.07, 6.45) is 0. The van der Waals surface area contributed by atoms with Crippen molar-refractivity contribution in [1.82, 2.24) is 0 Å². The smallest absolute Gasteiger partial charge is 0.169 e. The summed E-state index contributed by atoms with van der Waals surface area (Å²) >= 11 is 3.36. The monoisotopic (exact) mass is 350 g/mol. The molecule has 0 bridgehead atoms. The Bertz CT molecular complexity index is 667. The van der Waals surface area contributed by atoms with E-state index in [4.69, 9.17) is 14.6 Å². The van der Waals surface area contributed by atoms with Crippen LogP contribution in [0.3, 0.4) is 0 Å². The number of hydrogen-bond donors (Lipinski definition) is 1. The van der Waals surface area contributed by atoms with Gasteiger partial charge < -0.3 is 14.6 Å². The number of carbonyl (C=O) groups is 1. The van der Waals surface area contributed by atoms with E-state index in [0.29, 0.717) is 22.8 Å². The van der Waals surface area contributed by atoms with E-state index in [1.807, 2.05) is 0 Å². The van der Waals surface area contributed by atoms with E-state index < -0.39 is 0 Å². The summed E-state index contributed by atoms with van der Waals surface area (Å²) in [4.78, 5) is 11.7. The summed E-state index contributed by atoms with van der Waals surface area (Å²) in [7, 11) is 1.52. The van der Waals surface area contributed by atoms with E-state index in [2.05, 4.69) is 15.9 Å². The average molecular weight is 351 g/mol. The van der Waals surface area contributed by atoms with Gasteiger partial charge in [-0.15, -0.1) is 0 Å². The maximum atomic E-state index is 11.7.